The van der Waals surface area contributed by atoms with Gasteiger partial charge in [0.25, 0.3) is 5.69 Å². The number of anilines is 1. The fourth-order valence-corrected chi connectivity index (χ4v) is 1.64. The monoisotopic (exact) mass is 341 g/mol. The van der Waals surface area contributed by atoms with Crippen molar-refractivity contribution in [1.82, 2.24) is 20.6 Å². The number of hydrogen-bond donors (Lipinski definition) is 3. The van der Waals surface area contributed by atoms with Crippen LogP contribution in [-0.4, -0.2) is 30.7 Å². The summed E-state index contributed by atoms with van der Waals surface area (Å²) < 4.78 is 38.7. The minimum atomic E-state index is -5.01. The minimum Gasteiger partial charge on any atom is -0.506 e. The lowest BCUT2D eigenvalue weighted by Gasteiger charge is -2.11. The van der Waals surface area contributed by atoms with Crippen LogP contribution in [0.5, 0.6) is 5.75 Å². The van der Waals surface area contributed by atoms with Crippen molar-refractivity contribution in [2.45, 2.75) is 6.18 Å². The molecule has 0 fully saturated rings. The van der Waals surface area contributed by atoms with Crippen LogP contribution in [0.25, 0.3) is 5.57 Å². The number of phenols is 1. The standard InChI is InChI=1S/C11H6F3N7O3/c12-11(13,14)6-1-7(9(22)2-8(6)21(23)24)16-4-5(3-15)10-17-19-20-18-10/h1-2,4,16,22H,(H,17,18,19,20). The molecule has 13 heteroatoms. The van der Waals surface area contributed by atoms with E-state index in [1.807, 2.05) is 0 Å². The van der Waals surface area contributed by atoms with Crippen LogP contribution < -0.4 is 5.32 Å². The number of nitro groups is 1. The molecule has 0 radical (unpaired) electrons. The predicted octanol–water partition coefficient (Wildman–Crippen LogP) is 1.81. The number of allylic oxidation sites excluding steroid dienone is 1. The Kier molecular flexibility index (Phi) is 4.31. The topological polar surface area (TPSA) is 154 Å². The highest BCUT2D eigenvalue weighted by Gasteiger charge is 2.39. The van der Waals surface area contributed by atoms with Crippen LogP contribution in [0.1, 0.15) is 11.4 Å². The van der Waals surface area contributed by atoms with Gasteiger partial charge in [0.1, 0.15) is 23.0 Å². The molecular formula is C11H6F3N7O3. The number of benzene rings is 1. The number of aromatic amines is 1. The summed E-state index contributed by atoms with van der Waals surface area (Å²) in [5, 5.41) is 43.8. The summed E-state index contributed by atoms with van der Waals surface area (Å²) >= 11 is 0. The molecule has 0 spiro atoms. The fourth-order valence-electron chi connectivity index (χ4n) is 1.64. The predicted molar refractivity (Wildman–Crippen MR) is 71.2 cm³/mol. The van der Waals surface area contributed by atoms with Crippen molar-refractivity contribution in [3.63, 3.8) is 0 Å². The molecular weight excluding hydrogens is 335 g/mol. The molecule has 0 atom stereocenters. The van der Waals surface area contributed by atoms with Crippen molar-refractivity contribution >= 4 is 16.9 Å². The second kappa shape index (κ2) is 6.20. The molecule has 2 aromatic rings. The van der Waals surface area contributed by atoms with Gasteiger partial charge < -0.3 is 10.4 Å². The summed E-state index contributed by atoms with van der Waals surface area (Å²) in [6.07, 6.45) is -4.09. The van der Waals surface area contributed by atoms with E-state index in [-0.39, 0.29) is 11.4 Å². The van der Waals surface area contributed by atoms with Crippen LogP contribution in [0, 0.1) is 21.4 Å². The third kappa shape index (κ3) is 3.38. The second-order valence-electron chi connectivity index (χ2n) is 4.19. The molecule has 0 amide bonds. The number of aromatic nitrogens is 4. The Morgan fingerprint density at radius 1 is 1.50 bits per heavy atom. The highest BCUT2D eigenvalue weighted by atomic mass is 19.4. The zero-order valence-corrected chi connectivity index (χ0v) is 11.4. The molecule has 0 aliphatic rings. The number of nitro benzene ring substituents is 1. The lowest BCUT2D eigenvalue weighted by molar-refractivity contribution is -0.388. The molecule has 3 N–H and O–H groups in total. The molecule has 0 unspecified atom stereocenters. The van der Waals surface area contributed by atoms with Crippen molar-refractivity contribution in [2.75, 3.05) is 5.32 Å². The Labute approximate surface area is 130 Å². The molecule has 1 aromatic carbocycles. The number of alkyl halides is 3. The number of nitrogens with zero attached hydrogens (tertiary/aromatic N) is 5. The number of rotatable bonds is 4. The van der Waals surface area contributed by atoms with Crippen molar-refractivity contribution in [1.29, 1.82) is 5.26 Å². The van der Waals surface area contributed by atoms with Crippen molar-refractivity contribution in [2.24, 2.45) is 0 Å². The highest BCUT2D eigenvalue weighted by Crippen LogP contribution is 2.41. The van der Waals surface area contributed by atoms with Gasteiger partial charge in [-0.3, -0.25) is 10.1 Å². The number of phenolic OH excluding ortho intramolecular Hbond substituents is 1. The zero-order valence-electron chi connectivity index (χ0n) is 11.4. The Hall–Kier alpha value is -3.69. The first-order valence-electron chi connectivity index (χ1n) is 5.93. The van der Waals surface area contributed by atoms with E-state index < -0.39 is 33.8 Å². The summed E-state index contributed by atoms with van der Waals surface area (Å²) in [5.74, 6) is -0.946. The smallest absolute Gasteiger partial charge is 0.423 e. The van der Waals surface area contributed by atoms with E-state index in [0.29, 0.717) is 12.1 Å². The Morgan fingerprint density at radius 2 is 2.21 bits per heavy atom. The molecule has 1 heterocycles. The lowest BCUT2D eigenvalue weighted by atomic mass is 10.1. The Bertz CT molecular complexity index is 840. The number of nitrogens with one attached hydrogen (secondary N) is 2. The van der Waals surface area contributed by atoms with Crippen LogP contribution in [0.3, 0.4) is 0 Å². The number of H-pyrrole nitrogens is 1. The van der Waals surface area contributed by atoms with Gasteiger partial charge in [-0.15, -0.1) is 10.2 Å². The summed E-state index contributed by atoms with van der Waals surface area (Å²) in [5.41, 5.74) is -3.55. The van der Waals surface area contributed by atoms with Crippen LogP contribution in [0.15, 0.2) is 18.3 Å². The SMILES string of the molecule is N#CC(=CNc1cc(C(F)(F)F)c([N+](=O)[O-])cc1O)c1nn[nH]n1. The van der Waals surface area contributed by atoms with Gasteiger partial charge >= 0.3 is 6.18 Å². The molecule has 0 bridgehead atoms. The molecule has 0 saturated heterocycles. The molecule has 10 nitrogen and oxygen atoms in total. The third-order valence-electron chi connectivity index (χ3n) is 2.69. The third-order valence-corrected chi connectivity index (χ3v) is 2.69. The summed E-state index contributed by atoms with van der Waals surface area (Å²) in [6, 6.07) is 2.39. The normalized spacial score (nSPS) is 11.8. The number of hydrogen-bond acceptors (Lipinski definition) is 8. The second-order valence-corrected chi connectivity index (χ2v) is 4.19. The number of halogens is 3. The Morgan fingerprint density at radius 3 is 2.71 bits per heavy atom. The van der Waals surface area contributed by atoms with Crippen molar-refractivity contribution in [3.05, 3.63) is 39.8 Å². The minimum absolute atomic E-state index is 0.137. The van der Waals surface area contributed by atoms with Crippen molar-refractivity contribution < 1.29 is 23.2 Å². The first kappa shape index (κ1) is 16.7. The van der Waals surface area contributed by atoms with Gasteiger partial charge in [0.2, 0.25) is 5.82 Å². The van der Waals surface area contributed by atoms with Crippen LogP contribution in [0.2, 0.25) is 0 Å². The molecule has 1 aromatic heterocycles. The maximum atomic E-state index is 12.9. The van der Waals surface area contributed by atoms with E-state index >= 15 is 0 Å². The maximum absolute atomic E-state index is 12.9. The molecule has 124 valence electrons. The van der Waals surface area contributed by atoms with Gasteiger partial charge in [-0.25, -0.2) is 0 Å². The van der Waals surface area contributed by atoms with E-state index in [0.717, 1.165) is 6.20 Å². The number of nitriles is 1. The first-order valence-corrected chi connectivity index (χ1v) is 5.93. The van der Waals surface area contributed by atoms with E-state index in [2.05, 4.69) is 25.9 Å². The van der Waals surface area contributed by atoms with Gasteiger partial charge in [0, 0.05) is 6.20 Å². The van der Waals surface area contributed by atoms with Crippen LogP contribution in [0.4, 0.5) is 24.5 Å². The number of tetrazole rings is 1. The van der Waals surface area contributed by atoms with Crippen molar-refractivity contribution in [3.8, 4) is 11.8 Å². The van der Waals surface area contributed by atoms with Gasteiger partial charge in [0.15, 0.2) is 0 Å². The van der Waals surface area contributed by atoms with E-state index in [4.69, 9.17) is 5.26 Å². The van der Waals surface area contributed by atoms with E-state index in [1.54, 1.807) is 6.07 Å². The molecule has 0 saturated carbocycles. The highest BCUT2D eigenvalue weighted by molar-refractivity contribution is 5.75. The molecule has 2 rings (SSSR count). The maximum Gasteiger partial charge on any atom is 0.423 e. The average Bonchev–Trinajstić information content (AvgIpc) is 3.01. The summed E-state index contributed by atoms with van der Waals surface area (Å²) in [4.78, 5) is 9.43. The van der Waals surface area contributed by atoms with E-state index in [9.17, 15) is 28.4 Å². The molecule has 24 heavy (non-hydrogen) atoms. The van der Waals surface area contributed by atoms with Gasteiger partial charge in [-0.2, -0.15) is 23.6 Å². The summed E-state index contributed by atoms with van der Waals surface area (Å²) in [7, 11) is 0. The number of aromatic hydroxyl groups is 1. The van der Waals surface area contributed by atoms with Gasteiger partial charge in [-0.1, -0.05) is 0 Å². The largest absolute Gasteiger partial charge is 0.506 e. The van der Waals surface area contributed by atoms with Crippen LogP contribution in [-0.2, 0) is 6.18 Å². The summed E-state index contributed by atoms with van der Waals surface area (Å²) in [6.45, 7) is 0. The zero-order chi connectivity index (χ0) is 17.9. The first-order chi connectivity index (χ1) is 11.2. The van der Waals surface area contributed by atoms with Gasteiger partial charge in [0.05, 0.1) is 16.7 Å². The van der Waals surface area contributed by atoms with Gasteiger partial charge in [-0.05, 0) is 11.3 Å². The quantitative estimate of drug-likeness (QED) is 0.329. The lowest BCUT2D eigenvalue weighted by Crippen LogP contribution is -2.09. The van der Waals surface area contributed by atoms with Crippen LogP contribution >= 0.6 is 0 Å². The fraction of sp³-hybridized carbons (Fsp3) is 0.0909. The average molecular weight is 341 g/mol. The molecule has 0 aliphatic carbocycles. The van der Waals surface area contributed by atoms with E-state index in [1.165, 1.54) is 0 Å². The Balaban J connectivity index is 2.45. The molecule has 0 aliphatic heterocycles.